The summed E-state index contributed by atoms with van der Waals surface area (Å²) in [6.45, 7) is 3.41. The van der Waals surface area contributed by atoms with Gasteiger partial charge in [-0.2, -0.15) is 0 Å². The lowest BCUT2D eigenvalue weighted by atomic mass is 10.4. The molecular formula is C9H6O. The fourth-order valence-electron chi connectivity index (χ4n) is 0.659. The summed E-state index contributed by atoms with van der Waals surface area (Å²) in [5.74, 6) is 10.7. The van der Waals surface area contributed by atoms with Crippen molar-refractivity contribution in [3.63, 3.8) is 0 Å². The van der Waals surface area contributed by atoms with Crippen LogP contribution < -0.4 is 5.43 Å². The van der Waals surface area contributed by atoms with Crippen LogP contribution in [0.2, 0.25) is 0 Å². The quantitative estimate of drug-likeness (QED) is 0.471. The topological polar surface area (TPSA) is 17.1 Å². The fourth-order valence-corrected chi connectivity index (χ4v) is 0.659. The summed E-state index contributed by atoms with van der Waals surface area (Å²) in [6.07, 6.45) is 0. The highest BCUT2D eigenvalue weighted by Crippen LogP contribution is 2.03. The molecule has 0 aromatic heterocycles. The van der Waals surface area contributed by atoms with Crippen LogP contribution in [0.3, 0.4) is 0 Å². The van der Waals surface area contributed by atoms with Crippen molar-refractivity contribution < 1.29 is 0 Å². The molecule has 0 amide bonds. The lowest BCUT2D eigenvalue weighted by molar-refractivity contribution is 1.88. The van der Waals surface area contributed by atoms with Crippen LogP contribution in [-0.4, -0.2) is 0 Å². The summed E-state index contributed by atoms with van der Waals surface area (Å²) in [7, 11) is 0. The van der Waals surface area contributed by atoms with E-state index < -0.39 is 0 Å². The van der Waals surface area contributed by atoms with Crippen LogP contribution in [0.4, 0.5) is 0 Å². The van der Waals surface area contributed by atoms with E-state index >= 15 is 0 Å². The van der Waals surface area contributed by atoms with Crippen LogP contribution >= 0.6 is 0 Å². The fraction of sp³-hybridized carbons (Fsp3) is 0.222. The van der Waals surface area contributed by atoms with Crippen molar-refractivity contribution in [1.82, 2.24) is 0 Å². The smallest absolute Gasteiger partial charge is 0.212 e. The Labute approximate surface area is 59.7 Å². The second kappa shape index (κ2) is 2.42. The van der Waals surface area contributed by atoms with E-state index in [9.17, 15) is 4.79 Å². The second-order valence-corrected chi connectivity index (χ2v) is 1.83. The van der Waals surface area contributed by atoms with Gasteiger partial charge in [-0.25, -0.2) is 0 Å². The Kier molecular flexibility index (Phi) is 1.61. The summed E-state index contributed by atoms with van der Waals surface area (Å²) in [6, 6.07) is 0. The van der Waals surface area contributed by atoms with Crippen molar-refractivity contribution in [3.05, 3.63) is 21.4 Å². The summed E-state index contributed by atoms with van der Waals surface area (Å²) >= 11 is 0. The third-order valence-electron chi connectivity index (χ3n) is 1.14. The Hall–Kier alpha value is -1.47. The Balaban J connectivity index is 2.94. The summed E-state index contributed by atoms with van der Waals surface area (Å²) in [5, 5.41) is 0. The first-order chi connectivity index (χ1) is 4.81. The van der Waals surface area contributed by atoms with Gasteiger partial charge in [0.15, 0.2) is 0 Å². The maximum Gasteiger partial charge on any atom is 0.212 e. The molecular weight excluding hydrogens is 124 g/mol. The van der Waals surface area contributed by atoms with Crippen molar-refractivity contribution >= 4 is 0 Å². The third-order valence-corrected chi connectivity index (χ3v) is 1.14. The van der Waals surface area contributed by atoms with Gasteiger partial charge in [0, 0.05) is 0 Å². The van der Waals surface area contributed by atoms with E-state index in [4.69, 9.17) is 0 Å². The molecule has 0 bridgehead atoms. The Bertz CT molecular complexity index is 332. The molecule has 0 spiro atoms. The van der Waals surface area contributed by atoms with Crippen LogP contribution in [0, 0.1) is 23.7 Å². The average molecular weight is 130 g/mol. The monoisotopic (exact) mass is 130 g/mol. The van der Waals surface area contributed by atoms with Crippen LogP contribution in [0.1, 0.15) is 25.0 Å². The van der Waals surface area contributed by atoms with Gasteiger partial charge in [0.25, 0.3) is 0 Å². The molecule has 0 heterocycles. The summed E-state index contributed by atoms with van der Waals surface area (Å²) in [5.41, 5.74) is 1.21. The minimum atomic E-state index is 0.0173. The molecule has 1 aromatic carbocycles. The van der Waals surface area contributed by atoms with E-state index in [-0.39, 0.29) is 5.43 Å². The van der Waals surface area contributed by atoms with Gasteiger partial charge in [-0.05, 0) is 13.8 Å². The molecule has 0 saturated carbocycles. The van der Waals surface area contributed by atoms with Crippen molar-refractivity contribution in [3.8, 4) is 23.7 Å². The van der Waals surface area contributed by atoms with E-state index in [0.29, 0.717) is 11.1 Å². The maximum absolute atomic E-state index is 10.7. The van der Waals surface area contributed by atoms with E-state index in [2.05, 4.69) is 23.7 Å². The highest BCUT2D eigenvalue weighted by Gasteiger charge is 2.17. The van der Waals surface area contributed by atoms with Gasteiger partial charge in [0.2, 0.25) is 5.43 Å². The molecule has 10 heavy (non-hydrogen) atoms. The Morgan fingerprint density at radius 2 is 1.40 bits per heavy atom. The minimum absolute atomic E-state index is 0.0173. The molecule has 0 aliphatic carbocycles. The van der Waals surface area contributed by atoms with Crippen LogP contribution in [-0.2, 0) is 0 Å². The first kappa shape index (κ1) is 6.65. The van der Waals surface area contributed by atoms with Gasteiger partial charge in [-0.15, -0.1) is 11.8 Å². The molecule has 1 aromatic rings. The van der Waals surface area contributed by atoms with Gasteiger partial charge < -0.3 is 0 Å². The van der Waals surface area contributed by atoms with Gasteiger partial charge in [0.05, 0.1) is 11.1 Å². The van der Waals surface area contributed by atoms with E-state index in [0.717, 1.165) is 0 Å². The van der Waals surface area contributed by atoms with Crippen molar-refractivity contribution in [2.75, 3.05) is 0 Å². The molecule has 0 aliphatic heterocycles. The zero-order valence-corrected chi connectivity index (χ0v) is 5.91. The van der Waals surface area contributed by atoms with Crippen LogP contribution in [0.15, 0.2) is 4.79 Å². The molecule has 0 radical (unpaired) electrons. The van der Waals surface area contributed by atoms with Crippen molar-refractivity contribution in [2.24, 2.45) is 0 Å². The predicted octanol–water partition coefficient (Wildman–Crippen LogP) is 0.665. The Morgan fingerprint density at radius 3 is 1.70 bits per heavy atom. The van der Waals surface area contributed by atoms with E-state index in [1.165, 1.54) is 0 Å². The van der Waals surface area contributed by atoms with Crippen LogP contribution in [0.5, 0.6) is 0 Å². The summed E-state index contributed by atoms with van der Waals surface area (Å²) in [4.78, 5) is 10.7. The molecule has 0 unspecified atom stereocenters. The summed E-state index contributed by atoms with van der Waals surface area (Å²) < 4.78 is 0. The molecule has 1 heteroatoms. The average Bonchev–Trinajstić information content (AvgIpc) is 2.48. The number of hydrogen-bond acceptors (Lipinski definition) is 1. The molecule has 0 aliphatic rings. The third kappa shape index (κ3) is 0.946. The zero-order valence-electron chi connectivity index (χ0n) is 5.91. The highest BCUT2D eigenvalue weighted by molar-refractivity contribution is 5.60. The number of hydrogen-bond donors (Lipinski definition) is 0. The molecule has 0 N–H and O–H groups in total. The molecule has 0 atom stereocenters. The molecule has 0 saturated heterocycles. The van der Waals surface area contributed by atoms with E-state index in [1.54, 1.807) is 13.8 Å². The lowest BCUT2D eigenvalue weighted by Gasteiger charge is -1.59. The van der Waals surface area contributed by atoms with Crippen molar-refractivity contribution in [1.29, 1.82) is 0 Å². The maximum atomic E-state index is 10.7. The second-order valence-electron chi connectivity index (χ2n) is 1.83. The van der Waals surface area contributed by atoms with Gasteiger partial charge in [-0.3, -0.25) is 4.79 Å². The van der Waals surface area contributed by atoms with E-state index in [1.807, 2.05) is 0 Å². The molecule has 48 valence electrons. The first-order valence-corrected chi connectivity index (χ1v) is 2.95. The molecule has 1 nitrogen and oxygen atoms in total. The van der Waals surface area contributed by atoms with Crippen molar-refractivity contribution in [2.45, 2.75) is 13.8 Å². The van der Waals surface area contributed by atoms with Crippen LogP contribution in [0.25, 0.3) is 0 Å². The Morgan fingerprint density at radius 1 is 1.00 bits per heavy atom. The first-order valence-electron chi connectivity index (χ1n) is 2.95. The van der Waals surface area contributed by atoms with Gasteiger partial charge in [0.1, 0.15) is 0 Å². The van der Waals surface area contributed by atoms with Gasteiger partial charge in [-0.1, -0.05) is 11.8 Å². The number of rotatable bonds is 0. The van der Waals surface area contributed by atoms with Gasteiger partial charge >= 0.3 is 0 Å². The molecule has 1 rings (SSSR count). The largest absolute Gasteiger partial charge is 0.287 e. The standard InChI is InChI=1S/C9H6O/c1-3-5-7-8(6-4-2)9(7)10/h1-2H3. The zero-order chi connectivity index (χ0) is 7.56. The normalized spacial score (nSPS) is 7.80. The highest BCUT2D eigenvalue weighted by atomic mass is 16.1. The lowest BCUT2D eigenvalue weighted by Crippen LogP contribution is -1.74. The molecule has 0 fully saturated rings. The minimum Gasteiger partial charge on any atom is -0.287 e. The predicted molar refractivity (Wildman–Crippen MR) is 40.2 cm³/mol. The SMILES string of the molecule is CC#Cc1c(C#CC)c1=O.